The lowest BCUT2D eigenvalue weighted by atomic mass is 9.94. The fourth-order valence-electron chi connectivity index (χ4n) is 2.01. The smallest absolute Gasteiger partial charge is 0.349 e. The zero-order chi connectivity index (χ0) is 12.9. The number of aliphatic hydroxyl groups is 1. The average molecular weight is 245 g/mol. The van der Waals surface area contributed by atoms with E-state index in [0.29, 0.717) is 6.42 Å². The number of rotatable bonds is 5. The Morgan fingerprint density at radius 3 is 2.35 bits per heavy atom. The molecule has 0 spiro atoms. The van der Waals surface area contributed by atoms with Crippen LogP contribution in [0.25, 0.3) is 0 Å². The molecule has 0 radical (unpaired) electrons. The predicted molar refractivity (Wildman–Crippen MR) is 59.2 cm³/mol. The van der Waals surface area contributed by atoms with Gasteiger partial charge in [0.25, 0.3) is 5.60 Å². The average Bonchev–Trinajstić information content (AvgIpc) is 2.86. The molecule has 1 aliphatic heterocycles. The van der Waals surface area contributed by atoms with Crippen LogP contribution in [0, 0.1) is 0 Å². The monoisotopic (exact) mass is 245 g/mol. The zero-order valence-corrected chi connectivity index (χ0v) is 10.2. The van der Waals surface area contributed by atoms with Crippen LogP contribution in [-0.2, 0) is 19.1 Å². The summed E-state index contributed by atoms with van der Waals surface area (Å²) in [5, 5.41) is 13.3. The van der Waals surface area contributed by atoms with E-state index in [1.54, 1.807) is 0 Å². The van der Waals surface area contributed by atoms with Gasteiger partial charge in [0.15, 0.2) is 0 Å². The van der Waals surface area contributed by atoms with Gasteiger partial charge in [0, 0.05) is 6.04 Å². The van der Waals surface area contributed by atoms with Gasteiger partial charge in [0.2, 0.25) is 0 Å². The van der Waals surface area contributed by atoms with Gasteiger partial charge >= 0.3 is 11.9 Å². The Morgan fingerprint density at radius 1 is 1.35 bits per heavy atom. The summed E-state index contributed by atoms with van der Waals surface area (Å²) in [5.41, 5.74) is -2.19. The van der Waals surface area contributed by atoms with Crippen LogP contribution >= 0.6 is 0 Å². The van der Waals surface area contributed by atoms with Crippen molar-refractivity contribution in [3.8, 4) is 0 Å². The second kappa shape index (κ2) is 5.97. The van der Waals surface area contributed by atoms with E-state index in [1.165, 1.54) is 0 Å². The van der Waals surface area contributed by atoms with Crippen LogP contribution in [0.4, 0.5) is 0 Å². The van der Waals surface area contributed by atoms with Gasteiger partial charge in [-0.1, -0.05) is 0 Å². The minimum atomic E-state index is -2.19. The first kappa shape index (κ1) is 13.9. The first-order valence-corrected chi connectivity index (χ1v) is 5.67. The lowest BCUT2D eigenvalue weighted by molar-refractivity contribution is -0.181. The van der Waals surface area contributed by atoms with Crippen molar-refractivity contribution in [2.75, 3.05) is 20.8 Å². The van der Waals surface area contributed by atoms with E-state index in [9.17, 15) is 14.7 Å². The molecule has 1 aliphatic rings. The summed E-state index contributed by atoms with van der Waals surface area (Å²) in [4.78, 5) is 22.9. The Labute approximate surface area is 100 Å². The first-order valence-electron chi connectivity index (χ1n) is 5.67. The third kappa shape index (κ3) is 3.17. The highest BCUT2D eigenvalue weighted by molar-refractivity contribution is 6.03. The Bertz CT molecular complexity index is 270. The summed E-state index contributed by atoms with van der Waals surface area (Å²) in [5.74, 6) is -1.94. The van der Waals surface area contributed by atoms with Crippen molar-refractivity contribution in [2.24, 2.45) is 0 Å². The maximum atomic E-state index is 11.4. The number of esters is 2. The summed E-state index contributed by atoms with van der Waals surface area (Å²) in [6.45, 7) is 0.930. The van der Waals surface area contributed by atoms with E-state index in [-0.39, 0.29) is 12.5 Å². The minimum Gasteiger partial charge on any atom is -0.466 e. The molecular weight excluding hydrogens is 226 g/mol. The normalized spacial score (nSPS) is 20.1. The Balaban J connectivity index is 2.62. The van der Waals surface area contributed by atoms with E-state index in [2.05, 4.69) is 14.8 Å². The number of carbonyl (C=O) groups excluding carboxylic acids is 2. The molecule has 0 aromatic carbocycles. The molecule has 0 amide bonds. The number of ether oxygens (including phenoxy) is 2. The van der Waals surface area contributed by atoms with Crippen molar-refractivity contribution in [3.63, 3.8) is 0 Å². The number of hydrogen-bond donors (Lipinski definition) is 2. The number of nitrogens with one attached hydrogen (secondary N) is 1. The van der Waals surface area contributed by atoms with Crippen molar-refractivity contribution in [3.05, 3.63) is 0 Å². The number of methoxy groups -OCH3 is 2. The molecule has 17 heavy (non-hydrogen) atoms. The van der Waals surface area contributed by atoms with Gasteiger partial charge in [-0.15, -0.1) is 0 Å². The Kier molecular flexibility index (Phi) is 4.89. The molecule has 0 aliphatic carbocycles. The van der Waals surface area contributed by atoms with Gasteiger partial charge < -0.3 is 19.9 Å². The Hall–Kier alpha value is -1.14. The summed E-state index contributed by atoms with van der Waals surface area (Å²) >= 11 is 0. The number of hydrogen-bond acceptors (Lipinski definition) is 6. The SMILES string of the molecule is COC(=O)C(O)(CC[C@@H]1CCCN1)C(=O)OC. The van der Waals surface area contributed by atoms with Gasteiger partial charge in [-0.2, -0.15) is 0 Å². The maximum Gasteiger partial charge on any atom is 0.349 e. The van der Waals surface area contributed by atoms with Crippen molar-refractivity contribution in [1.29, 1.82) is 0 Å². The Morgan fingerprint density at radius 2 is 1.94 bits per heavy atom. The highest BCUT2D eigenvalue weighted by Crippen LogP contribution is 2.21. The summed E-state index contributed by atoms with van der Waals surface area (Å²) in [7, 11) is 2.26. The van der Waals surface area contributed by atoms with E-state index in [0.717, 1.165) is 33.6 Å². The van der Waals surface area contributed by atoms with Gasteiger partial charge in [0.1, 0.15) is 0 Å². The molecule has 1 atom stereocenters. The van der Waals surface area contributed by atoms with Crippen LogP contribution in [0.1, 0.15) is 25.7 Å². The molecule has 6 heteroatoms. The minimum absolute atomic E-state index is 0.00398. The molecule has 0 bridgehead atoms. The van der Waals surface area contributed by atoms with E-state index in [4.69, 9.17) is 0 Å². The van der Waals surface area contributed by atoms with Crippen LogP contribution in [-0.4, -0.2) is 49.5 Å². The molecule has 0 aromatic heterocycles. The molecule has 6 nitrogen and oxygen atoms in total. The lowest BCUT2D eigenvalue weighted by Gasteiger charge is -2.23. The van der Waals surface area contributed by atoms with E-state index in [1.807, 2.05) is 0 Å². The highest BCUT2D eigenvalue weighted by atomic mass is 16.6. The van der Waals surface area contributed by atoms with Crippen LogP contribution in [0.15, 0.2) is 0 Å². The fraction of sp³-hybridized carbons (Fsp3) is 0.818. The zero-order valence-electron chi connectivity index (χ0n) is 10.2. The van der Waals surface area contributed by atoms with Crippen LogP contribution < -0.4 is 5.32 Å². The molecular formula is C11H19NO5. The summed E-state index contributed by atoms with van der Waals surface area (Å²) in [6, 6.07) is 0.232. The lowest BCUT2D eigenvalue weighted by Crippen LogP contribution is -2.49. The molecule has 0 unspecified atom stereocenters. The molecule has 1 rings (SSSR count). The van der Waals surface area contributed by atoms with E-state index < -0.39 is 17.5 Å². The maximum absolute atomic E-state index is 11.4. The molecule has 0 aromatic rings. The third-order valence-electron chi connectivity index (χ3n) is 3.06. The second-order valence-electron chi connectivity index (χ2n) is 4.18. The summed E-state index contributed by atoms with van der Waals surface area (Å²) in [6.07, 6.45) is 2.59. The van der Waals surface area contributed by atoms with Crippen LogP contribution in [0.2, 0.25) is 0 Å². The molecule has 2 N–H and O–H groups in total. The highest BCUT2D eigenvalue weighted by Gasteiger charge is 2.46. The quantitative estimate of drug-likeness (QED) is 0.506. The van der Waals surface area contributed by atoms with Crippen LogP contribution in [0.3, 0.4) is 0 Å². The van der Waals surface area contributed by atoms with Crippen molar-refractivity contribution < 1.29 is 24.2 Å². The van der Waals surface area contributed by atoms with E-state index >= 15 is 0 Å². The second-order valence-corrected chi connectivity index (χ2v) is 4.18. The molecule has 1 saturated heterocycles. The van der Waals surface area contributed by atoms with Gasteiger partial charge in [-0.3, -0.25) is 0 Å². The van der Waals surface area contributed by atoms with Gasteiger partial charge in [-0.25, -0.2) is 9.59 Å². The fourth-order valence-corrected chi connectivity index (χ4v) is 2.01. The molecule has 1 fully saturated rings. The first-order chi connectivity index (χ1) is 8.04. The molecule has 1 heterocycles. The van der Waals surface area contributed by atoms with Crippen LogP contribution in [0.5, 0.6) is 0 Å². The van der Waals surface area contributed by atoms with Crippen molar-refractivity contribution >= 4 is 11.9 Å². The summed E-state index contributed by atoms with van der Waals surface area (Å²) < 4.78 is 8.89. The largest absolute Gasteiger partial charge is 0.466 e. The van der Waals surface area contributed by atoms with Gasteiger partial charge in [-0.05, 0) is 32.2 Å². The van der Waals surface area contributed by atoms with Crippen molar-refractivity contribution in [1.82, 2.24) is 5.32 Å². The molecule has 0 saturated carbocycles. The van der Waals surface area contributed by atoms with Gasteiger partial charge in [0.05, 0.1) is 14.2 Å². The topological polar surface area (TPSA) is 84.9 Å². The standard InChI is InChI=1S/C11H19NO5/c1-16-9(13)11(15,10(14)17-2)6-5-8-4-3-7-12-8/h8,12,15H,3-7H2,1-2H3/t8-/m0/s1. The third-order valence-corrected chi connectivity index (χ3v) is 3.06. The number of carbonyl (C=O) groups is 2. The predicted octanol–water partition coefficient (Wildman–Crippen LogP) is -0.404. The van der Waals surface area contributed by atoms with Crippen molar-refractivity contribution in [2.45, 2.75) is 37.3 Å². The molecule has 98 valence electrons.